The van der Waals surface area contributed by atoms with Crippen molar-refractivity contribution in [1.29, 1.82) is 0 Å². The molecule has 1 spiro atoms. The van der Waals surface area contributed by atoms with Crippen molar-refractivity contribution in [1.82, 2.24) is 5.32 Å². The first-order valence-corrected chi connectivity index (χ1v) is 8.75. The van der Waals surface area contributed by atoms with Gasteiger partial charge in [-0.1, -0.05) is 18.6 Å². The largest absolute Gasteiger partial charge is 0.507 e. The minimum absolute atomic E-state index is 0.131. The predicted molar refractivity (Wildman–Crippen MR) is 86.2 cm³/mol. The van der Waals surface area contributed by atoms with Gasteiger partial charge in [-0.25, -0.2) is 0 Å². The Morgan fingerprint density at radius 2 is 2.00 bits per heavy atom. The molecule has 1 aliphatic heterocycles. The summed E-state index contributed by atoms with van der Waals surface area (Å²) in [5.74, 6) is -1.19. The lowest BCUT2D eigenvalue weighted by Crippen LogP contribution is -2.36. The first-order valence-electron chi connectivity index (χ1n) is 8.75. The molecule has 25 heavy (non-hydrogen) atoms. The number of phenols is 1. The molecule has 0 radical (unpaired) electrons. The highest BCUT2D eigenvalue weighted by atomic mass is 19.4. The van der Waals surface area contributed by atoms with Gasteiger partial charge in [-0.2, -0.15) is 13.2 Å². The molecule has 1 saturated carbocycles. The van der Waals surface area contributed by atoms with E-state index in [1.54, 1.807) is 6.92 Å². The van der Waals surface area contributed by atoms with Crippen LogP contribution in [0, 0.1) is 0 Å². The van der Waals surface area contributed by atoms with E-state index in [-0.39, 0.29) is 11.7 Å². The Morgan fingerprint density at radius 1 is 1.28 bits per heavy atom. The van der Waals surface area contributed by atoms with Crippen molar-refractivity contribution in [3.8, 4) is 5.75 Å². The van der Waals surface area contributed by atoms with Crippen molar-refractivity contribution >= 4 is 0 Å². The van der Waals surface area contributed by atoms with E-state index in [0.717, 1.165) is 31.7 Å². The summed E-state index contributed by atoms with van der Waals surface area (Å²) in [7, 11) is 0. The van der Waals surface area contributed by atoms with Crippen LogP contribution in [0.5, 0.6) is 5.75 Å². The fourth-order valence-corrected chi connectivity index (χ4v) is 3.63. The number of hydrogen-bond donors (Lipinski definition) is 2. The van der Waals surface area contributed by atoms with Gasteiger partial charge in [0.05, 0.1) is 18.3 Å². The maximum atomic E-state index is 12.9. The van der Waals surface area contributed by atoms with Crippen molar-refractivity contribution in [3.63, 3.8) is 0 Å². The molecule has 0 amide bonds. The molecule has 1 saturated heterocycles. The first-order chi connectivity index (χ1) is 11.8. The second kappa shape index (κ2) is 7.13. The van der Waals surface area contributed by atoms with Crippen LogP contribution in [0.4, 0.5) is 13.2 Å². The Hall–Kier alpha value is -1.31. The first kappa shape index (κ1) is 18.5. The molecule has 3 rings (SSSR count). The van der Waals surface area contributed by atoms with Crippen molar-refractivity contribution in [2.45, 2.75) is 63.1 Å². The lowest BCUT2D eigenvalue weighted by atomic mass is 9.94. The molecule has 2 fully saturated rings. The third-order valence-corrected chi connectivity index (χ3v) is 5.02. The molecule has 4 nitrogen and oxygen atoms in total. The van der Waals surface area contributed by atoms with Gasteiger partial charge in [0.15, 0.2) is 5.79 Å². The zero-order chi connectivity index (χ0) is 18.1. The van der Waals surface area contributed by atoms with Crippen LogP contribution in [0.15, 0.2) is 18.2 Å². The fraction of sp³-hybridized carbons (Fsp3) is 0.667. The molecular weight excluding hydrogens is 335 g/mol. The van der Waals surface area contributed by atoms with Gasteiger partial charge < -0.3 is 19.9 Å². The number of halogens is 3. The Labute approximate surface area is 145 Å². The van der Waals surface area contributed by atoms with E-state index in [2.05, 4.69) is 5.32 Å². The molecule has 0 aromatic heterocycles. The zero-order valence-electron chi connectivity index (χ0n) is 14.2. The highest BCUT2D eigenvalue weighted by molar-refractivity contribution is 5.43. The lowest BCUT2D eigenvalue weighted by Gasteiger charge is -2.31. The van der Waals surface area contributed by atoms with Gasteiger partial charge >= 0.3 is 6.18 Å². The molecular formula is C18H24F3NO3. The number of alkyl halides is 3. The average Bonchev–Trinajstić information content (AvgIpc) is 2.95. The summed E-state index contributed by atoms with van der Waals surface area (Å²) in [6.45, 7) is 2.66. The normalized spacial score (nSPS) is 24.6. The number of para-hydroxylation sites is 1. The summed E-state index contributed by atoms with van der Waals surface area (Å²) >= 11 is 0. The van der Waals surface area contributed by atoms with E-state index in [4.69, 9.17) is 9.47 Å². The molecule has 1 aromatic rings. The summed E-state index contributed by atoms with van der Waals surface area (Å²) in [6, 6.07) is 3.25. The van der Waals surface area contributed by atoms with E-state index in [0.29, 0.717) is 13.2 Å². The van der Waals surface area contributed by atoms with E-state index >= 15 is 0 Å². The molecule has 1 aliphatic carbocycles. The Bertz CT molecular complexity index is 600. The average molecular weight is 359 g/mol. The van der Waals surface area contributed by atoms with Crippen LogP contribution in [-0.2, 0) is 15.7 Å². The number of phenolic OH excluding ortho intramolecular Hbond substituents is 1. The third-order valence-electron chi connectivity index (χ3n) is 5.02. The standard InChI is InChI=1S/C18H24F3NO3/c1-12(14-6-5-7-15(16(14)23)18(19,20)21)22-10-13-11-24-17(25-13)8-3-2-4-9-17/h5-7,12-13,22-23H,2-4,8-11H2,1H3/t12-,13+/m1/s1. The minimum Gasteiger partial charge on any atom is -0.507 e. The van der Waals surface area contributed by atoms with Crippen LogP contribution in [-0.4, -0.2) is 30.1 Å². The molecule has 1 heterocycles. The van der Waals surface area contributed by atoms with Crippen LogP contribution in [0.3, 0.4) is 0 Å². The Kier molecular flexibility index (Phi) is 5.27. The summed E-state index contributed by atoms with van der Waals surface area (Å²) in [5.41, 5.74) is -0.790. The SMILES string of the molecule is C[C@@H](NC[C@H]1COC2(CCCCC2)O1)c1cccc(C(F)(F)F)c1O. The minimum atomic E-state index is -4.57. The highest BCUT2D eigenvalue weighted by Crippen LogP contribution is 2.40. The van der Waals surface area contributed by atoms with Gasteiger partial charge in [-0.3, -0.25) is 0 Å². The van der Waals surface area contributed by atoms with Crippen molar-refractivity contribution in [3.05, 3.63) is 29.3 Å². The molecule has 1 aromatic carbocycles. The second-order valence-electron chi connectivity index (χ2n) is 6.89. The zero-order valence-corrected chi connectivity index (χ0v) is 14.2. The second-order valence-corrected chi connectivity index (χ2v) is 6.89. The summed E-state index contributed by atoms with van der Waals surface area (Å²) < 4.78 is 50.6. The van der Waals surface area contributed by atoms with Gasteiger partial charge in [0.25, 0.3) is 0 Å². The Morgan fingerprint density at radius 3 is 2.68 bits per heavy atom. The smallest absolute Gasteiger partial charge is 0.419 e. The van der Waals surface area contributed by atoms with Gasteiger partial charge in [-0.15, -0.1) is 0 Å². The maximum absolute atomic E-state index is 12.9. The number of benzene rings is 1. The molecule has 2 N–H and O–H groups in total. The van der Waals surface area contributed by atoms with Crippen LogP contribution in [0.2, 0.25) is 0 Å². The van der Waals surface area contributed by atoms with Crippen LogP contribution in [0.1, 0.15) is 56.2 Å². The molecule has 0 bridgehead atoms. The highest BCUT2D eigenvalue weighted by Gasteiger charge is 2.42. The van der Waals surface area contributed by atoms with Crippen molar-refractivity contribution in [2.24, 2.45) is 0 Å². The summed E-state index contributed by atoms with van der Waals surface area (Å²) in [4.78, 5) is 0. The van der Waals surface area contributed by atoms with Crippen LogP contribution in [0.25, 0.3) is 0 Å². The quantitative estimate of drug-likeness (QED) is 0.848. The van der Waals surface area contributed by atoms with Crippen molar-refractivity contribution in [2.75, 3.05) is 13.2 Å². The van der Waals surface area contributed by atoms with E-state index in [1.165, 1.54) is 18.6 Å². The predicted octanol–water partition coefficient (Wildman–Crippen LogP) is 4.14. The van der Waals surface area contributed by atoms with E-state index in [1.807, 2.05) is 0 Å². The topological polar surface area (TPSA) is 50.7 Å². The number of rotatable bonds is 4. The molecule has 2 aliphatic rings. The number of nitrogens with one attached hydrogen (secondary N) is 1. The van der Waals surface area contributed by atoms with Crippen LogP contribution < -0.4 is 5.32 Å². The molecule has 2 atom stereocenters. The van der Waals surface area contributed by atoms with E-state index in [9.17, 15) is 18.3 Å². The number of ether oxygens (including phenoxy) is 2. The lowest BCUT2D eigenvalue weighted by molar-refractivity contribution is -0.186. The fourth-order valence-electron chi connectivity index (χ4n) is 3.63. The Balaban J connectivity index is 1.59. The monoisotopic (exact) mass is 359 g/mol. The molecule has 140 valence electrons. The van der Waals surface area contributed by atoms with Crippen molar-refractivity contribution < 1.29 is 27.8 Å². The van der Waals surface area contributed by atoms with E-state index < -0.39 is 29.3 Å². The number of aromatic hydroxyl groups is 1. The van der Waals surface area contributed by atoms with Crippen LogP contribution >= 0.6 is 0 Å². The summed E-state index contributed by atoms with van der Waals surface area (Å²) in [6.07, 6.45) is 0.469. The third kappa shape index (κ3) is 4.10. The van der Waals surface area contributed by atoms with Gasteiger partial charge in [0.1, 0.15) is 5.75 Å². The number of hydrogen-bond acceptors (Lipinski definition) is 4. The van der Waals surface area contributed by atoms with Gasteiger partial charge in [0, 0.05) is 31.0 Å². The van der Waals surface area contributed by atoms with Gasteiger partial charge in [-0.05, 0) is 25.8 Å². The van der Waals surface area contributed by atoms with Gasteiger partial charge in [0.2, 0.25) is 0 Å². The maximum Gasteiger partial charge on any atom is 0.419 e. The molecule has 0 unspecified atom stereocenters. The summed E-state index contributed by atoms with van der Waals surface area (Å²) in [5, 5.41) is 13.1. The molecule has 7 heteroatoms.